The van der Waals surface area contributed by atoms with Crippen molar-refractivity contribution < 1.29 is 9.47 Å². The number of hydrogen-bond acceptors (Lipinski definition) is 4. The topological polar surface area (TPSA) is 48.7 Å². The fourth-order valence-electron chi connectivity index (χ4n) is 2.41. The van der Waals surface area contributed by atoms with Crippen LogP contribution in [-0.2, 0) is 4.74 Å². The van der Waals surface area contributed by atoms with E-state index in [4.69, 9.17) is 14.5 Å². The Morgan fingerprint density at radius 3 is 3.05 bits per heavy atom. The summed E-state index contributed by atoms with van der Waals surface area (Å²) in [6, 6.07) is 0. The average Bonchev–Trinajstić information content (AvgIpc) is 2.90. The molecule has 3 heterocycles. The molecule has 1 aliphatic heterocycles. The molecule has 3 rings (SSSR count). The Bertz CT molecular complexity index is 547. The SMILES string of the molecule is CCCOc1nccn2cc(C3CCOCC3)nc12. The van der Waals surface area contributed by atoms with Gasteiger partial charge in [0.25, 0.3) is 5.88 Å². The van der Waals surface area contributed by atoms with E-state index in [-0.39, 0.29) is 0 Å². The highest BCUT2D eigenvalue weighted by atomic mass is 16.5. The third-order valence-corrected chi connectivity index (χ3v) is 3.44. The van der Waals surface area contributed by atoms with Gasteiger partial charge in [-0.2, -0.15) is 0 Å². The number of imidazole rings is 1. The standard InChI is InChI=1S/C14H19N3O2/c1-2-7-19-14-13-16-12(10-17(13)6-5-15-14)11-3-8-18-9-4-11/h5-6,10-11H,2-4,7-9H2,1H3. The van der Waals surface area contributed by atoms with Crippen molar-refractivity contribution in [2.45, 2.75) is 32.1 Å². The quantitative estimate of drug-likeness (QED) is 0.848. The fourth-order valence-corrected chi connectivity index (χ4v) is 2.41. The first-order valence-corrected chi connectivity index (χ1v) is 6.92. The lowest BCUT2D eigenvalue weighted by atomic mass is 9.97. The summed E-state index contributed by atoms with van der Waals surface area (Å²) in [6.45, 7) is 4.41. The smallest absolute Gasteiger partial charge is 0.258 e. The number of rotatable bonds is 4. The maximum Gasteiger partial charge on any atom is 0.258 e. The van der Waals surface area contributed by atoms with Crippen LogP contribution in [0.15, 0.2) is 18.6 Å². The van der Waals surface area contributed by atoms with Crippen molar-refractivity contribution in [2.75, 3.05) is 19.8 Å². The van der Waals surface area contributed by atoms with Crippen LogP contribution >= 0.6 is 0 Å². The highest BCUT2D eigenvalue weighted by molar-refractivity contribution is 5.50. The van der Waals surface area contributed by atoms with Crippen molar-refractivity contribution in [1.82, 2.24) is 14.4 Å². The van der Waals surface area contributed by atoms with Crippen LogP contribution in [0.4, 0.5) is 0 Å². The third-order valence-electron chi connectivity index (χ3n) is 3.44. The first-order chi connectivity index (χ1) is 9.38. The van der Waals surface area contributed by atoms with E-state index in [1.54, 1.807) is 6.20 Å². The van der Waals surface area contributed by atoms with Crippen LogP contribution in [0.2, 0.25) is 0 Å². The van der Waals surface area contributed by atoms with Gasteiger partial charge in [-0.1, -0.05) is 6.92 Å². The van der Waals surface area contributed by atoms with Crippen molar-refractivity contribution in [3.63, 3.8) is 0 Å². The van der Waals surface area contributed by atoms with Gasteiger partial charge in [0, 0.05) is 37.7 Å². The van der Waals surface area contributed by atoms with Crippen LogP contribution in [0.1, 0.15) is 37.8 Å². The van der Waals surface area contributed by atoms with Gasteiger partial charge in [0.2, 0.25) is 5.65 Å². The van der Waals surface area contributed by atoms with Gasteiger partial charge < -0.3 is 13.9 Å². The molecular weight excluding hydrogens is 242 g/mol. The molecule has 5 heteroatoms. The first-order valence-electron chi connectivity index (χ1n) is 6.92. The van der Waals surface area contributed by atoms with Crippen molar-refractivity contribution in [2.24, 2.45) is 0 Å². The Kier molecular flexibility index (Phi) is 3.64. The molecule has 0 atom stereocenters. The summed E-state index contributed by atoms with van der Waals surface area (Å²) < 4.78 is 13.1. The van der Waals surface area contributed by atoms with Gasteiger partial charge in [-0.3, -0.25) is 0 Å². The van der Waals surface area contributed by atoms with E-state index >= 15 is 0 Å². The Labute approximate surface area is 112 Å². The van der Waals surface area contributed by atoms with Crippen LogP contribution in [0, 0.1) is 0 Å². The molecule has 0 radical (unpaired) electrons. The molecule has 1 saturated heterocycles. The molecular formula is C14H19N3O2. The molecule has 19 heavy (non-hydrogen) atoms. The lowest BCUT2D eigenvalue weighted by molar-refractivity contribution is 0.0846. The van der Waals surface area contributed by atoms with Gasteiger partial charge in [0.15, 0.2) is 0 Å². The van der Waals surface area contributed by atoms with Gasteiger partial charge in [-0.15, -0.1) is 0 Å². The summed E-state index contributed by atoms with van der Waals surface area (Å²) in [5.74, 6) is 1.12. The monoisotopic (exact) mass is 261 g/mol. The molecule has 0 spiro atoms. The van der Waals surface area contributed by atoms with Crippen LogP contribution in [0.3, 0.4) is 0 Å². The van der Waals surface area contributed by atoms with E-state index in [1.807, 2.05) is 10.6 Å². The van der Waals surface area contributed by atoms with Crippen molar-refractivity contribution in [3.8, 4) is 5.88 Å². The van der Waals surface area contributed by atoms with Crippen LogP contribution < -0.4 is 4.74 Å². The summed E-state index contributed by atoms with van der Waals surface area (Å²) >= 11 is 0. The Balaban J connectivity index is 1.90. The van der Waals surface area contributed by atoms with Gasteiger partial charge in [-0.05, 0) is 19.3 Å². The molecule has 0 bridgehead atoms. The molecule has 5 nitrogen and oxygen atoms in total. The molecule has 1 aliphatic rings. The van der Waals surface area contributed by atoms with E-state index in [9.17, 15) is 0 Å². The molecule has 0 aromatic carbocycles. The van der Waals surface area contributed by atoms with Gasteiger partial charge in [-0.25, -0.2) is 9.97 Å². The normalized spacial score (nSPS) is 16.9. The molecule has 0 aliphatic carbocycles. The molecule has 0 amide bonds. The van der Waals surface area contributed by atoms with Crippen LogP contribution in [0.5, 0.6) is 5.88 Å². The maximum atomic E-state index is 5.65. The van der Waals surface area contributed by atoms with E-state index in [2.05, 4.69) is 18.1 Å². The summed E-state index contributed by atoms with van der Waals surface area (Å²) in [5.41, 5.74) is 1.94. The summed E-state index contributed by atoms with van der Waals surface area (Å²) in [4.78, 5) is 8.98. The van der Waals surface area contributed by atoms with Gasteiger partial charge in [0.1, 0.15) is 0 Å². The molecule has 1 fully saturated rings. The van der Waals surface area contributed by atoms with Gasteiger partial charge >= 0.3 is 0 Å². The van der Waals surface area contributed by atoms with Crippen LogP contribution in [-0.4, -0.2) is 34.2 Å². The summed E-state index contributed by atoms with van der Waals surface area (Å²) in [5, 5.41) is 0. The van der Waals surface area contributed by atoms with Crippen molar-refractivity contribution in [1.29, 1.82) is 0 Å². The first kappa shape index (κ1) is 12.4. The second-order valence-corrected chi connectivity index (χ2v) is 4.86. The Morgan fingerprint density at radius 2 is 2.26 bits per heavy atom. The van der Waals surface area contributed by atoms with Crippen molar-refractivity contribution in [3.05, 3.63) is 24.3 Å². The van der Waals surface area contributed by atoms with E-state index in [0.717, 1.165) is 43.8 Å². The van der Waals surface area contributed by atoms with Crippen molar-refractivity contribution >= 4 is 5.65 Å². The number of nitrogens with zero attached hydrogens (tertiary/aromatic N) is 3. The largest absolute Gasteiger partial charge is 0.475 e. The van der Waals surface area contributed by atoms with E-state index < -0.39 is 0 Å². The molecule has 0 saturated carbocycles. The molecule has 102 valence electrons. The van der Waals surface area contributed by atoms with Crippen LogP contribution in [0.25, 0.3) is 5.65 Å². The highest BCUT2D eigenvalue weighted by Gasteiger charge is 2.20. The number of aromatic nitrogens is 3. The average molecular weight is 261 g/mol. The molecule has 2 aromatic rings. The van der Waals surface area contributed by atoms with E-state index in [1.165, 1.54) is 0 Å². The number of hydrogen-bond donors (Lipinski definition) is 0. The third kappa shape index (κ3) is 2.56. The molecule has 2 aromatic heterocycles. The second-order valence-electron chi connectivity index (χ2n) is 4.86. The minimum absolute atomic E-state index is 0.493. The zero-order valence-corrected chi connectivity index (χ0v) is 11.2. The van der Waals surface area contributed by atoms with Gasteiger partial charge in [0.05, 0.1) is 12.3 Å². The predicted octanol–water partition coefficient (Wildman–Crippen LogP) is 2.41. The lowest BCUT2D eigenvalue weighted by Crippen LogP contribution is -2.14. The summed E-state index contributed by atoms with van der Waals surface area (Å²) in [6.07, 6.45) is 8.82. The zero-order valence-electron chi connectivity index (χ0n) is 11.2. The highest BCUT2D eigenvalue weighted by Crippen LogP contribution is 2.27. The minimum atomic E-state index is 0.493. The lowest BCUT2D eigenvalue weighted by Gasteiger charge is -2.19. The predicted molar refractivity (Wildman–Crippen MR) is 71.6 cm³/mol. The fraction of sp³-hybridized carbons (Fsp3) is 0.571. The minimum Gasteiger partial charge on any atom is -0.475 e. The number of fused-ring (bicyclic) bond motifs is 1. The van der Waals surface area contributed by atoms with E-state index in [0.29, 0.717) is 18.4 Å². The zero-order chi connectivity index (χ0) is 13.1. The second kappa shape index (κ2) is 5.57. The summed E-state index contributed by atoms with van der Waals surface area (Å²) in [7, 11) is 0. The Morgan fingerprint density at radius 1 is 1.42 bits per heavy atom. The Hall–Kier alpha value is -1.62. The number of ether oxygens (including phenoxy) is 2. The maximum absolute atomic E-state index is 5.65. The molecule has 0 unspecified atom stereocenters. The molecule has 0 N–H and O–H groups in total.